The highest BCUT2D eigenvalue weighted by atomic mass is 32.2. The number of aromatic nitrogens is 2. The number of rotatable bonds is 6. The van der Waals surface area contributed by atoms with Crippen molar-refractivity contribution in [3.63, 3.8) is 0 Å². The number of benzene rings is 1. The molecule has 3 heterocycles. The van der Waals surface area contributed by atoms with Gasteiger partial charge in [-0.05, 0) is 35.9 Å². The molecule has 0 aliphatic heterocycles. The first kappa shape index (κ1) is 19.1. The van der Waals surface area contributed by atoms with Crippen LogP contribution in [-0.4, -0.2) is 28.0 Å². The molecule has 142 valence electrons. The number of amides is 2. The Morgan fingerprint density at radius 1 is 1.14 bits per heavy atom. The van der Waals surface area contributed by atoms with Crippen molar-refractivity contribution in [2.45, 2.75) is 10.8 Å². The van der Waals surface area contributed by atoms with Crippen LogP contribution in [0, 0.1) is 0 Å². The van der Waals surface area contributed by atoms with E-state index < -0.39 is 0 Å². The zero-order valence-corrected chi connectivity index (χ0v) is 17.9. The molecule has 0 unspecified atom stereocenters. The minimum Gasteiger partial charge on any atom is -0.326 e. The minimum atomic E-state index is -0.192. The van der Waals surface area contributed by atoms with Crippen LogP contribution in [0.3, 0.4) is 0 Å². The standard InChI is InChI=1S/C18H14N4O2S4/c1-25-18-21-12-5-4-10(7-14(12)28-18)19-15(23)8-11-9-27-17(20-11)22-16(24)13-3-2-6-26-13/h2-7,9H,8H2,1H3,(H,19,23)(H,20,22,24). The van der Waals surface area contributed by atoms with Gasteiger partial charge < -0.3 is 5.32 Å². The largest absolute Gasteiger partial charge is 0.326 e. The second-order valence-corrected chi connectivity index (χ2v) is 9.56. The van der Waals surface area contributed by atoms with Gasteiger partial charge in [-0.25, -0.2) is 9.97 Å². The maximum absolute atomic E-state index is 12.3. The minimum absolute atomic E-state index is 0.141. The second kappa shape index (κ2) is 8.39. The lowest BCUT2D eigenvalue weighted by Crippen LogP contribution is -2.15. The van der Waals surface area contributed by atoms with Crippen molar-refractivity contribution in [2.24, 2.45) is 0 Å². The van der Waals surface area contributed by atoms with Crippen LogP contribution in [0.5, 0.6) is 0 Å². The van der Waals surface area contributed by atoms with Crippen molar-refractivity contribution in [2.75, 3.05) is 16.9 Å². The van der Waals surface area contributed by atoms with E-state index in [1.54, 1.807) is 34.5 Å². The average molecular weight is 447 g/mol. The molecule has 1 aromatic carbocycles. The molecule has 4 rings (SSSR count). The lowest BCUT2D eigenvalue weighted by Gasteiger charge is -2.03. The second-order valence-electron chi connectivity index (χ2n) is 5.67. The summed E-state index contributed by atoms with van der Waals surface area (Å²) in [6.45, 7) is 0. The fraction of sp³-hybridized carbons (Fsp3) is 0.111. The van der Waals surface area contributed by atoms with E-state index in [-0.39, 0.29) is 18.2 Å². The maximum Gasteiger partial charge on any atom is 0.267 e. The van der Waals surface area contributed by atoms with Gasteiger partial charge in [-0.2, -0.15) is 0 Å². The molecule has 6 nitrogen and oxygen atoms in total. The monoisotopic (exact) mass is 446 g/mol. The van der Waals surface area contributed by atoms with Crippen LogP contribution < -0.4 is 10.6 Å². The van der Waals surface area contributed by atoms with Gasteiger partial charge in [0, 0.05) is 11.1 Å². The van der Waals surface area contributed by atoms with E-state index in [9.17, 15) is 9.59 Å². The van der Waals surface area contributed by atoms with Gasteiger partial charge in [0.1, 0.15) is 0 Å². The van der Waals surface area contributed by atoms with Crippen molar-refractivity contribution >= 4 is 78.6 Å². The fourth-order valence-electron chi connectivity index (χ4n) is 2.45. The van der Waals surface area contributed by atoms with Crippen molar-refractivity contribution in [3.8, 4) is 0 Å². The summed E-state index contributed by atoms with van der Waals surface area (Å²) >= 11 is 5.88. The summed E-state index contributed by atoms with van der Waals surface area (Å²) in [5.74, 6) is -0.349. The van der Waals surface area contributed by atoms with Gasteiger partial charge in [0.2, 0.25) is 5.91 Å². The molecular weight excluding hydrogens is 432 g/mol. The molecule has 0 atom stereocenters. The molecule has 0 fully saturated rings. The summed E-state index contributed by atoms with van der Waals surface area (Å²) in [4.78, 5) is 33.8. The van der Waals surface area contributed by atoms with E-state index >= 15 is 0 Å². The Morgan fingerprint density at radius 3 is 2.82 bits per heavy atom. The van der Waals surface area contributed by atoms with Gasteiger partial charge in [0.05, 0.1) is 27.2 Å². The Morgan fingerprint density at radius 2 is 2.04 bits per heavy atom. The highest BCUT2D eigenvalue weighted by Gasteiger charge is 2.12. The van der Waals surface area contributed by atoms with Crippen LogP contribution in [0.15, 0.2) is 45.4 Å². The number of hydrogen-bond donors (Lipinski definition) is 2. The Labute approximate surface area is 177 Å². The van der Waals surface area contributed by atoms with E-state index in [0.29, 0.717) is 15.7 Å². The summed E-state index contributed by atoms with van der Waals surface area (Å²) < 4.78 is 2.03. The van der Waals surface area contributed by atoms with E-state index in [4.69, 9.17) is 0 Å². The molecule has 0 bridgehead atoms. The number of hydrogen-bond acceptors (Lipinski definition) is 8. The molecule has 2 amide bonds. The van der Waals surface area contributed by atoms with Crippen molar-refractivity contribution in [3.05, 3.63) is 51.7 Å². The zero-order valence-electron chi connectivity index (χ0n) is 14.6. The fourth-order valence-corrected chi connectivity index (χ4v) is 5.30. The maximum atomic E-state index is 12.3. The SMILES string of the molecule is CSc1nc2ccc(NC(=O)Cc3csc(NC(=O)c4cccs4)n3)cc2s1. The molecule has 0 radical (unpaired) electrons. The zero-order chi connectivity index (χ0) is 19.5. The first-order chi connectivity index (χ1) is 13.6. The molecule has 3 aromatic heterocycles. The Bertz CT molecular complexity index is 1130. The molecule has 4 aromatic rings. The smallest absolute Gasteiger partial charge is 0.267 e. The van der Waals surface area contributed by atoms with E-state index in [1.807, 2.05) is 35.9 Å². The van der Waals surface area contributed by atoms with Gasteiger partial charge in [0.25, 0.3) is 5.91 Å². The van der Waals surface area contributed by atoms with E-state index in [1.165, 1.54) is 22.7 Å². The van der Waals surface area contributed by atoms with Gasteiger partial charge in [0.15, 0.2) is 9.47 Å². The number of carbonyl (C=O) groups excluding carboxylic acids is 2. The number of anilines is 2. The third kappa shape index (κ3) is 4.41. The van der Waals surface area contributed by atoms with Gasteiger partial charge >= 0.3 is 0 Å². The normalized spacial score (nSPS) is 10.9. The van der Waals surface area contributed by atoms with Gasteiger partial charge in [-0.3, -0.25) is 14.9 Å². The highest BCUT2D eigenvalue weighted by Crippen LogP contribution is 2.30. The molecule has 2 N–H and O–H groups in total. The molecular formula is C18H14N4O2S4. The van der Waals surface area contributed by atoms with E-state index in [2.05, 4.69) is 20.6 Å². The summed E-state index contributed by atoms with van der Waals surface area (Å²) in [7, 11) is 0. The van der Waals surface area contributed by atoms with E-state index in [0.717, 1.165) is 20.2 Å². The quantitative estimate of drug-likeness (QED) is 0.409. The lowest BCUT2D eigenvalue weighted by atomic mass is 10.2. The number of carbonyl (C=O) groups is 2. The summed E-state index contributed by atoms with van der Waals surface area (Å²) in [6.07, 6.45) is 2.13. The van der Waals surface area contributed by atoms with Crippen LogP contribution in [-0.2, 0) is 11.2 Å². The van der Waals surface area contributed by atoms with Gasteiger partial charge in [-0.1, -0.05) is 17.8 Å². The van der Waals surface area contributed by atoms with Gasteiger partial charge in [-0.15, -0.1) is 34.0 Å². The molecule has 0 saturated carbocycles. The molecule has 0 saturated heterocycles. The Hall–Kier alpha value is -2.27. The first-order valence-corrected chi connectivity index (χ1v) is 11.9. The Kier molecular flexibility index (Phi) is 5.72. The number of nitrogens with one attached hydrogen (secondary N) is 2. The van der Waals surface area contributed by atoms with Crippen LogP contribution in [0.1, 0.15) is 15.4 Å². The third-order valence-corrected chi connectivity index (χ3v) is 7.36. The van der Waals surface area contributed by atoms with Crippen LogP contribution in [0.4, 0.5) is 10.8 Å². The highest BCUT2D eigenvalue weighted by molar-refractivity contribution is 8.00. The van der Waals surface area contributed by atoms with Crippen LogP contribution in [0.2, 0.25) is 0 Å². The number of fused-ring (bicyclic) bond motifs is 1. The van der Waals surface area contributed by atoms with Crippen molar-refractivity contribution in [1.82, 2.24) is 9.97 Å². The number of thiazole rings is 2. The lowest BCUT2D eigenvalue weighted by molar-refractivity contribution is -0.115. The van der Waals surface area contributed by atoms with Crippen molar-refractivity contribution < 1.29 is 9.59 Å². The molecule has 0 aliphatic carbocycles. The third-order valence-electron chi connectivity index (χ3n) is 3.69. The predicted molar refractivity (Wildman–Crippen MR) is 118 cm³/mol. The topological polar surface area (TPSA) is 84.0 Å². The van der Waals surface area contributed by atoms with Crippen LogP contribution in [0.25, 0.3) is 10.2 Å². The molecule has 10 heteroatoms. The summed E-state index contributed by atoms with van der Waals surface area (Å²) in [5, 5.41) is 9.76. The summed E-state index contributed by atoms with van der Waals surface area (Å²) in [5.41, 5.74) is 2.28. The molecule has 0 aliphatic rings. The first-order valence-electron chi connectivity index (χ1n) is 8.14. The number of thiophene rings is 1. The summed E-state index contributed by atoms with van der Waals surface area (Å²) in [6, 6.07) is 9.26. The Balaban J connectivity index is 1.37. The molecule has 28 heavy (non-hydrogen) atoms. The van der Waals surface area contributed by atoms with Crippen LogP contribution >= 0.6 is 45.8 Å². The predicted octanol–water partition coefficient (Wildman–Crippen LogP) is 4.97. The number of thioether (sulfide) groups is 1. The average Bonchev–Trinajstić information content (AvgIpc) is 3.41. The van der Waals surface area contributed by atoms with Crippen molar-refractivity contribution in [1.29, 1.82) is 0 Å². The number of nitrogens with zero attached hydrogens (tertiary/aromatic N) is 2. The molecule has 0 spiro atoms.